The van der Waals surface area contributed by atoms with Gasteiger partial charge in [-0.2, -0.15) is 0 Å². The molecule has 2 rings (SSSR count). The highest BCUT2D eigenvalue weighted by Crippen LogP contribution is 2.18. The minimum absolute atomic E-state index is 0.182. The molecule has 0 aromatic heterocycles. The summed E-state index contributed by atoms with van der Waals surface area (Å²) in [6, 6.07) is 5.03. The van der Waals surface area contributed by atoms with E-state index in [1.807, 2.05) is 0 Å². The molecule has 0 spiro atoms. The van der Waals surface area contributed by atoms with Gasteiger partial charge >= 0.3 is 0 Å². The second-order valence-corrected chi connectivity index (χ2v) is 7.81. The Kier molecular flexibility index (Phi) is 6.01. The standard InChI is InChI=1S/C16H25N3O3S/c1-13-6-7-14(12-15(13)18-23(2,21)22)16(20)17-8-11-19-9-4-3-5-10-19/h6-7,12,18H,3-5,8-11H2,1-2H3,(H,17,20). The van der Waals surface area contributed by atoms with Crippen LogP contribution in [0, 0.1) is 6.92 Å². The highest BCUT2D eigenvalue weighted by molar-refractivity contribution is 7.92. The van der Waals surface area contributed by atoms with E-state index in [0.29, 0.717) is 17.8 Å². The number of nitrogens with one attached hydrogen (secondary N) is 2. The molecule has 1 aromatic rings. The van der Waals surface area contributed by atoms with Crippen LogP contribution < -0.4 is 10.0 Å². The predicted molar refractivity (Wildman–Crippen MR) is 92.3 cm³/mol. The van der Waals surface area contributed by atoms with Gasteiger partial charge in [0.25, 0.3) is 5.91 Å². The Morgan fingerprint density at radius 1 is 1.22 bits per heavy atom. The van der Waals surface area contributed by atoms with Crippen LogP contribution in [-0.2, 0) is 10.0 Å². The van der Waals surface area contributed by atoms with Gasteiger partial charge in [-0.25, -0.2) is 8.42 Å². The Balaban J connectivity index is 1.92. The van der Waals surface area contributed by atoms with Gasteiger partial charge in [-0.05, 0) is 50.6 Å². The molecule has 1 fully saturated rings. The van der Waals surface area contributed by atoms with Crippen molar-refractivity contribution in [2.45, 2.75) is 26.2 Å². The summed E-state index contributed by atoms with van der Waals surface area (Å²) in [6.45, 7) is 5.45. The van der Waals surface area contributed by atoms with Crippen molar-refractivity contribution in [2.24, 2.45) is 0 Å². The van der Waals surface area contributed by atoms with Gasteiger partial charge in [-0.1, -0.05) is 12.5 Å². The summed E-state index contributed by atoms with van der Waals surface area (Å²) in [5.41, 5.74) is 1.68. The first-order chi connectivity index (χ1) is 10.8. The molecule has 0 bridgehead atoms. The van der Waals surface area contributed by atoms with Crippen molar-refractivity contribution in [3.8, 4) is 0 Å². The molecule has 0 saturated carbocycles. The van der Waals surface area contributed by atoms with Crippen LogP contribution in [0.1, 0.15) is 35.2 Å². The molecule has 1 heterocycles. The Bertz CT molecular complexity index is 653. The molecule has 1 aliphatic heterocycles. The third-order valence-electron chi connectivity index (χ3n) is 3.96. The van der Waals surface area contributed by atoms with E-state index in [-0.39, 0.29) is 5.91 Å². The first kappa shape index (κ1) is 17.7. The maximum absolute atomic E-state index is 12.2. The highest BCUT2D eigenvalue weighted by Gasteiger charge is 2.12. The molecule has 0 atom stereocenters. The zero-order chi connectivity index (χ0) is 16.9. The molecule has 1 amide bonds. The molecule has 1 aliphatic rings. The van der Waals surface area contributed by atoms with E-state index >= 15 is 0 Å². The van der Waals surface area contributed by atoms with Gasteiger partial charge in [0.15, 0.2) is 0 Å². The zero-order valence-corrected chi connectivity index (χ0v) is 14.6. The average Bonchev–Trinajstić information content (AvgIpc) is 2.49. The zero-order valence-electron chi connectivity index (χ0n) is 13.8. The number of sulfonamides is 1. The van der Waals surface area contributed by atoms with Gasteiger partial charge in [0.1, 0.15) is 0 Å². The van der Waals surface area contributed by atoms with E-state index in [1.165, 1.54) is 19.3 Å². The van der Waals surface area contributed by atoms with Gasteiger partial charge < -0.3 is 10.2 Å². The normalized spacial score (nSPS) is 16.1. The van der Waals surface area contributed by atoms with Crippen LogP contribution in [0.5, 0.6) is 0 Å². The number of benzene rings is 1. The van der Waals surface area contributed by atoms with Gasteiger partial charge in [-0.3, -0.25) is 9.52 Å². The highest BCUT2D eigenvalue weighted by atomic mass is 32.2. The molecule has 0 unspecified atom stereocenters. The smallest absolute Gasteiger partial charge is 0.251 e. The molecule has 0 radical (unpaired) electrons. The van der Waals surface area contributed by atoms with Crippen LogP contribution in [-0.4, -0.2) is 51.7 Å². The number of anilines is 1. The van der Waals surface area contributed by atoms with E-state index in [2.05, 4.69) is 14.9 Å². The van der Waals surface area contributed by atoms with E-state index in [1.54, 1.807) is 25.1 Å². The number of rotatable bonds is 6. The summed E-state index contributed by atoms with van der Waals surface area (Å²) in [5, 5.41) is 2.90. The molecule has 128 valence electrons. The van der Waals surface area contributed by atoms with E-state index in [4.69, 9.17) is 0 Å². The Morgan fingerprint density at radius 2 is 1.91 bits per heavy atom. The van der Waals surface area contributed by atoms with Crippen LogP contribution in [0.15, 0.2) is 18.2 Å². The third kappa shape index (κ3) is 5.84. The van der Waals surface area contributed by atoms with Gasteiger partial charge in [0.2, 0.25) is 10.0 Å². The van der Waals surface area contributed by atoms with Crippen LogP contribution in [0.25, 0.3) is 0 Å². The summed E-state index contributed by atoms with van der Waals surface area (Å²) >= 11 is 0. The third-order valence-corrected chi connectivity index (χ3v) is 4.55. The lowest BCUT2D eigenvalue weighted by Crippen LogP contribution is -2.37. The van der Waals surface area contributed by atoms with Crippen molar-refractivity contribution >= 4 is 21.6 Å². The van der Waals surface area contributed by atoms with Crippen LogP contribution >= 0.6 is 0 Å². The quantitative estimate of drug-likeness (QED) is 0.825. The predicted octanol–water partition coefficient (Wildman–Crippen LogP) is 1.58. The Morgan fingerprint density at radius 3 is 2.57 bits per heavy atom. The molecule has 23 heavy (non-hydrogen) atoms. The van der Waals surface area contributed by atoms with Crippen LogP contribution in [0.2, 0.25) is 0 Å². The minimum atomic E-state index is -3.36. The van der Waals surface area contributed by atoms with Crippen molar-refractivity contribution in [2.75, 3.05) is 37.2 Å². The number of amides is 1. The first-order valence-corrected chi connectivity index (χ1v) is 9.83. The van der Waals surface area contributed by atoms with Crippen molar-refractivity contribution in [3.05, 3.63) is 29.3 Å². The lowest BCUT2D eigenvalue weighted by Gasteiger charge is -2.26. The molecule has 1 saturated heterocycles. The van der Waals surface area contributed by atoms with Crippen molar-refractivity contribution < 1.29 is 13.2 Å². The number of hydrogen-bond acceptors (Lipinski definition) is 4. The number of aryl methyl sites for hydroxylation is 1. The summed E-state index contributed by atoms with van der Waals surface area (Å²) in [6.07, 6.45) is 4.85. The Hall–Kier alpha value is -1.60. The second-order valence-electron chi connectivity index (χ2n) is 6.06. The Labute approximate surface area is 138 Å². The van der Waals surface area contributed by atoms with Gasteiger partial charge in [0, 0.05) is 18.7 Å². The number of hydrogen-bond donors (Lipinski definition) is 2. The van der Waals surface area contributed by atoms with Crippen LogP contribution in [0.4, 0.5) is 5.69 Å². The molecule has 1 aromatic carbocycles. The summed E-state index contributed by atoms with van der Waals surface area (Å²) in [4.78, 5) is 14.6. The van der Waals surface area contributed by atoms with Crippen molar-refractivity contribution in [3.63, 3.8) is 0 Å². The monoisotopic (exact) mass is 339 g/mol. The van der Waals surface area contributed by atoms with Crippen molar-refractivity contribution in [1.82, 2.24) is 10.2 Å². The first-order valence-electron chi connectivity index (χ1n) is 7.94. The largest absolute Gasteiger partial charge is 0.351 e. The summed E-state index contributed by atoms with van der Waals surface area (Å²) in [5.74, 6) is -0.182. The molecule has 6 nitrogen and oxygen atoms in total. The fourth-order valence-electron chi connectivity index (χ4n) is 2.69. The second kappa shape index (κ2) is 7.79. The fourth-order valence-corrected chi connectivity index (χ4v) is 3.30. The van der Waals surface area contributed by atoms with E-state index < -0.39 is 10.0 Å². The lowest BCUT2D eigenvalue weighted by atomic mass is 10.1. The fraction of sp³-hybridized carbons (Fsp3) is 0.562. The summed E-state index contributed by atoms with van der Waals surface area (Å²) in [7, 11) is -3.36. The van der Waals surface area contributed by atoms with Crippen molar-refractivity contribution in [1.29, 1.82) is 0 Å². The number of carbonyl (C=O) groups excluding carboxylic acids is 1. The molecule has 0 aliphatic carbocycles. The number of piperidine rings is 1. The maximum atomic E-state index is 12.2. The SMILES string of the molecule is Cc1ccc(C(=O)NCCN2CCCCC2)cc1NS(C)(=O)=O. The molecule has 7 heteroatoms. The topological polar surface area (TPSA) is 78.5 Å². The molecular formula is C16H25N3O3S. The number of nitrogens with zero attached hydrogens (tertiary/aromatic N) is 1. The van der Waals surface area contributed by atoms with Gasteiger partial charge in [0.05, 0.1) is 11.9 Å². The van der Waals surface area contributed by atoms with E-state index in [9.17, 15) is 13.2 Å². The minimum Gasteiger partial charge on any atom is -0.351 e. The van der Waals surface area contributed by atoms with Gasteiger partial charge in [-0.15, -0.1) is 0 Å². The summed E-state index contributed by atoms with van der Waals surface area (Å²) < 4.78 is 25.2. The molecular weight excluding hydrogens is 314 g/mol. The van der Waals surface area contributed by atoms with E-state index in [0.717, 1.165) is 31.5 Å². The maximum Gasteiger partial charge on any atom is 0.251 e. The van der Waals surface area contributed by atoms with Crippen LogP contribution in [0.3, 0.4) is 0 Å². The molecule has 2 N–H and O–H groups in total. The number of likely N-dealkylation sites (tertiary alicyclic amines) is 1. The lowest BCUT2D eigenvalue weighted by molar-refractivity contribution is 0.0946. The number of carbonyl (C=O) groups is 1. The average molecular weight is 339 g/mol.